The Morgan fingerprint density at radius 2 is 1.25 bits per heavy atom. The molecule has 0 saturated heterocycles. The van der Waals surface area contributed by atoms with Crippen molar-refractivity contribution in [1.82, 2.24) is 0 Å². The zero-order valence-corrected chi connectivity index (χ0v) is 5.63. The average molecular weight is 177 g/mol. The van der Waals surface area contributed by atoms with Crippen molar-refractivity contribution >= 4 is 55.8 Å². The van der Waals surface area contributed by atoms with Gasteiger partial charge in [0.25, 0.3) is 0 Å². The van der Waals surface area contributed by atoms with Crippen molar-refractivity contribution < 1.29 is 4.21 Å². The Labute approximate surface area is 59.7 Å². The predicted molar refractivity (Wildman–Crippen MR) is 19.7 cm³/mol. The Bertz CT molecular complexity index is 8.00. The Morgan fingerprint density at radius 3 is 1.25 bits per heavy atom. The first-order valence-corrected chi connectivity index (χ1v) is 0.500. The molecule has 0 heterocycles. The molecule has 0 atom stereocenters. The Balaban J connectivity index is -0.00000000500. The third kappa shape index (κ3) is 9.89. The molecule has 18 valence electrons. The summed E-state index contributed by atoms with van der Waals surface area (Å²) in [6.07, 6.45) is 0. The summed E-state index contributed by atoms with van der Waals surface area (Å²) in [5.74, 6) is 0. The smallest absolute Gasteiger partial charge is 0.197 e. The molecule has 0 spiro atoms. The van der Waals surface area contributed by atoms with Crippen molar-refractivity contribution in [1.29, 1.82) is 0 Å². The van der Waals surface area contributed by atoms with Crippen LogP contribution in [-0.2, 0) is 12.5 Å². The number of hydrogen-bond acceptors (Lipinski definition) is 2. The third-order valence-electron chi connectivity index (χ3n) is 0. The Morgan fingerprint density at radius 1 is 1.25 bits per heavy atom. The molecular weight excluding hydrogens is 177 g/mol. The van der Waals surface area contributed by atoms with Crippen molar-refractivity contribution in [2.45, 2.75) is 0 Å². The van der Waals surface area contributed by atoms with E-state index in [2.05, 4.69) is 12.5 Å². The van der Waals surface area contributed by atoms with E-state index in [0.29, 0.717) is 0 Å². The SMILES string of the molecule is O=S.[Li].[Sb]. The van der Waals surface area contributed by atoms with E-state index in [1.807, 2.05) is 0 Å². The van der Waals surface area contributed by atoms with Crippen LogP contribution in [0.15, 0.2) is 0 Å². The quantitative estimate of drug-likeness (QED) is 0.437. The second kappa shape index (κ2) is 25.4. The molecule has 0 amide bonds. The maximum absolute atomic E-state index is 7.83. The molecule has 0 aliphatic heterocycles. The van der Waals surface area contributed by atoms with Crippen LogP contribution >= 0.6 is 0 Å². The summed E-state index contributed by atoms with van der Waals surface area (Å²) < 4.78 is 7.83. The molecule has 0 aliphatic rings. The molecule has 4 heteroatoms. The molecule has 0 bridgehead atoms. The van der Waals surface area contributed by atoms with Crippen LogP contribution in [0.4, 0.5) is 0 Å². The van der Waals surface area contributed by atoms with Crippen LogP contribution in [0.5, 0.6) is 0 Å². The number of rotatable bonds is 0. The van der Waals surface area contributed by atoms with E-state index in [0.717, 1.165) is 0 Å². The van der Waals surface area contributed by atoms with Crippen molar-refractivity contribution in [2.24, 2.45) is 0 Å². The van der Waals surface area contributed by atoms with Crippen LogP contribution in [0.25, 0.3) is 0 Å². The van der Waals surface area contributed by atoms with Crippen molar-refractivity contribution in [2.75, 3.05) is 0 Å². The van der Waals surface area contributed by atoms with Gasteiger partial charge in [-0.3, -0.25) is 0 Å². The van der Waals surface area contributed by atoms with E-state index < -0.39 is 0 Å². The van der Waals surface area contributed by atoms with E-state index >= 15 is 0 Å². The molecule has 0 rings (SSSR count). The average Bonchev–Trinajstić information content (AvgIpc) is 1.00. The van der Waals surface area contributed by atoms with Gasteiger partial charge in [-0.2, -0.15) is 4.21 Å². The van der Waals surface area contributed by atoms with Crippen molar-refractivity contribution in [3.8, 4) is 0 Å². The van der Waals surface area contributed by atoms with Crippen LogP contribution in [0, 0.1) is 0 Å². The standard InChI is InChI=1S/Li.OS.Sb/c;1-2;. The summed E-state index contributed by atoms with van der Waals surface area (Å²) in [6, 6.07) is 0. The maximum Gasteiger partial charge on any atom is 0.197 e. The number of hydrogen-bond donors (Lipinski definition) is 0. The van der Waals surface area contributed by atoms with Crippen molar-refractivity contribution in [3.63, 3.8) is 0 Å². The van der Waals surface area contributed by atoms with E-state index in [1.165, 1.54) is 0 Å². The Hall–Kier alpha value is 1.44. The third-order valence-corrected chi connectivity index (χ3v) is 0. The van der Waals surface area contributed by atoms with Crippen LogP contribution in [0.2, 0.25) is 0 Å². The van der Waals surface area contributed by atoms with Gasteiger partial charge in [0.05, 0.1) is 0 Å². The largest absolute Gasteiger partial charge is 0.197 e. The van der Waals surface area contributed by atoms with Gasteiger partial charge in [-0.25, -0.2) is 0 Å². The summed E-state index contributed by atoms with van der Waals surface area (Å²) >= 11 is 2.83. The molecule has 4 heavy (non-hydrogen) atoms. The summed E-state index contributed by atoms with van der Waals surface area (Å²) in [7, 11) is 0. The van der Waals surface area contributed by atoms with Gasteiger partial charge >= 0.3 is 0 Å². The van der Waals surface area contributed by atoms with Gasteiger partial charge in [-0.15, -0.1) is 0 Å². The molecule has 0 aromatic rings. The van der Waals surface area contributed by atoms with Gasteiger partial charge in [-0.1, -0.05) is 0 Å². The molecule has 0 aromatic heterocycles. The molecular formula is LiOSSb. The molecule has 4 radical (unpaired) electrons. The van der Waals surface area contributed by atoms with E-state index in [1.54, 1.807) is 0 Å². The van der Waals surface area contributed by atoms with Crippen LogP contribution in [-0.4, -0.2) is 47.5 Å². The summed E-state index contributed by atoms with van der Waals surface area (Å²) in [6.45, 7) is 0. The van der Waals surface area contributed by atoms with Gasteiger partial charge in [-0.05, 0) is 0 Å². The Kier molecular flexibility index (Phi) is 114. The normalized spacial score (nSPS) is 1.00. The molecule has 0 aromatic carbocycles. The molecule has 0 aliphatic carbocycles. The minimum atomic E-state index is 0. The first kappa shape index (κ1) is 18.0. The summed E-state index contributed by atoms with van der Waals surface area (Å²) in [5, 5.41) is 0. The first-order valence-electron chi connectivity index (χ1n) is 0.167. The van der Waals surface area contributed by atoms with Crippen molar-refractivity contribution in [3.05, 3.63) is 0 Å². The topological polar surface area (TPSA) is 17.1 Å². The van der Waals surface area contributed by atoms with Gasteiger partial charge in [0.2, 0.25) is 0 Å². The monoisotopic (exact) mass is 176 g/mol. The van der Waals surface area contributed by atoms with Gasteiger partial charge in [0.15, 0.2) is 12.5 Å². The van der Waals surface area contributed by atoms with E-state index in [4.69, 9.17) is 4.21 Å². The molecule has 0 unspecified atom stereocenters. The van der Waals surface area contributed by atoms with Gasteiger partial charge < -0.3 is 0 Å². The second-order valence-corrected chi connectivity index (χ2v) is 0. The maximum atomic E-state index is 7.83. The van der Waals surface area contributed by atoms with Crippen LogP contribution in [0.3, 0.4) is 0 Å². The summed E-state index contributed by atoms with van der Waals surface area (Å²) in [4.78, 5) is 0. The van der Waals surface area contributed by atoms with E-state index in [9.17, 15) is 0 Å². The minimum absolute atomic E-state index is 0. The fourth-order valence-electron chi connectivity index (χ4n) is 0. The van der Waals surface area contributed by atoms with Crippen LogP contribution < -0.4 is 0 Å². The molecule has 0 fully saturated rings. The predicted octanol–water partition coefficient (Wildman–Crippen LogP) is -1.10. The fraction of sp³-hybridized carbons (Fsp3) is 0. The minimum Gasteiger partial charge on any atom is -0.197 e. The summed E-state index contributed by atoms with van der Waals surface area (Å²) in [5.41, 5.74) is 0. The molecule has 0 saturated carbocycles. The van der Waals surface area contributed by atoms with E-state index in [-0.39, 0.29) is 43.3 Å². The van der Waals surface area contributed by atoms with Gasteiger partial charge in [0.1, 0.15) is 0 Å². The second-order valence-electron chi connectivity index (χ2n) is 0. The van der Waals surface area contributed by atoms with Crippen LogP contribution in [0.1, 0.15) is 0 Å². The fourth-order valence-corrected chi connectivity index (χ4v) is 0. The zero-order chi connectivity index (χ0) is 2.00. The molecule has 0 N–H and O–H groups in total. The molecule has 1 nitrogen and oxygen atoms in total. The van der Waals surface area contributed by atoms with Gasteiger partial charge in [0, 0.05) is 43.3 Å². The first-order chi connectivity index (χ1) is 1.00. The zero-order valence-electron chi connectivity index (χ0n) is 2.26.